The molecule has 0 aliphatic carbocycles. The first-order chi connectivity index (χ1) is 10.7. The summed E-state index contributed by atoms with van der Waals surface area (Å²) in [5, 5.41) is 0. The molecule has 0 bridgehead atoms. The van der Waals surface area contributed by atoms with Gasteiger partial charge in [0.05, 0.1) is 6.67 Å². The number of nitrogens with zero attached hydrogens (tertiary/aromatic N) is 2. The summed E-state index contributed by atoms with van der Waals surface area (Å²) in [6.07, 6.45) is 0. The van der Waals surface area contributed by atoms with Crippen LogP contribution in [0.15, 0.2) is 54.6 Å². The second-order valence-electron chi connectivity index (χ2n) is 5.46. The summed E-state index contributed by atoms with van der Waals surface area (Å²) >= 11 is 0. The smallest absolute Gasteiger partial charge is 0.220 e. The van der Waals surface area contributed by atoms with E-state index in [4.69, 9.17) is 4.74 Å². The SMILES string of the molecule is CC(=O)N1CCN(c2ccc(OCc3ccccc3)cc2)C1. The Hall–Kier alpha value is -2.49. The van der Waals surface area contributed by atoms with Gasteiger partial charge in [-0.1, -0.05) is 30.3 Å². The molecular formula is C18H20N2O2. The third kappa shape index (κ3) is 3.39. The Labute approximate surface area is 130 Å². The molecule has 1 aliphatic heterocycles. The zero-order valence-electron chi connectivity index (χ0n) is 12.7. The van der Waals surface area contributed by atoms with Crippen molar-refractivity contribution in [3.63, 3.8) is 0 Å². The van der Waals surface area contributed by atoms with Crippen LogP contribution in [-0.4, -0.2) is 30.6 Å². The summed E-state index contributed by atoms with van der Waals surface area (Å²) in [5.74, 6) is 0.987. The number of carbonyl (C=O) groups excluding carboxylic acids is 1. The third-order valence-corrected chi connectivity index (χ3v) is 3.88. The fraction of sp³-hybridized carbons (Fsp3) is 0.278. The van der Waals surface area contributed by atoms with Crippen LogP contribution in [0, 0.1) is 0 Å². The van der Waals surface area contributed by atoms with Crippen molar-refractivity contribution in [2.45, 2.75) is 13.5 Å². The Morgan fingerprint density at radius 2 is 1.77 bits per heavy atom. The molecule has 0 spiro atoms. The Balaban J connectivity index is 1.58. The molecule has 0 unspecified atom stereocenters. The van der Waals surface area contributed by atoms with Crippen LogP contribution in [0.4, 0.5) is 5.69 Å². The summed E-state index contributed by atoms with van der Waals surface area (Å²) in [7, 11) is 0. The lowest BCUT2D eigenvalue weighted by Gasteiger charge is -2.19. The minimum absolute atomic E-state index is 0.130. The molecule has 0 radical (unpaired) electrons. The third-order valence-electron chi connectivity index (χ3n) is 3.88. The van der Waals surface area contributed by atoms with Crippen molar-refractivity contribution in [3.8, 4) is 5.75 Å². The number of hydrogen-bond acceptors (Lipinski definition) is 3. The molecule has 2 aromatic carbocycles. The molecule has 0 N–H and O–H groups in total. The van der Waals surface area contributed by atoms with Crippen molar-refractivity contribution in [3.05, 3.63) is 60.2 Å². The summed E-state index contributed by atoms with van der Waals surface area (Å²) in [6, 6.07) is 18.2. The normalized spacial score (nSPS) is 14.2. The molecule has 1 saturated heterocycles. The molecule has 0 saturated carbocycles. The van der Waals surface area contributed by atoms with E-state index in [-0.39, 0.29) is 5.91 Å². The van der Waals surface area contributed by atoms with E-state index in [9.17, 15) is 4.79 Å². The first-order valence-electron chi connectivity index (χ1n) is 7.49. The first-order valence-corrected chi connectivity index (χ1v) is 7.49. The van der Waals surface area contributed by atoms with Gasteiger partial charge in [-0.15, -0.1) is 0 Å². The number of benzene rings is 2. The minimum Gasteiger partial charge on any atom is -0.489 e. The van der Waals surface area contributed by atoms with E-state index < -0.39 is 0 Å². The van der Waals surface area contributed by atoms with Crippen LogP contribution in [0.1, 0.15) is 12.5 Å². The molecule has 1 amide bonds. The Kier molecular flexibility index (Phi) is 4.28. The highest BCUT2D eigenvalue weighted by molar-refractivity contribution is 5.74. The summed E-state index contributed by atoms with van der Waals surface area (Å²) in [4.78, 5) is 15.4. The average molecular weight is 296 g/mol. The van der Waals surface area contributed by atoms with Gasteiger partial charge < -0.3 is 14.5 Å². The van der Waals surface area contributed by atoms with Crippen LogP contribution in [0.5, 0.6) is 5.75 Å². The van der Waals surface area contributed by atoms with Crippen LogP contribution in [-0.2, 0) is 11.4 Å². The van der Waals surface area contributed by atoms with Gasteiger partial charge in [-0.05, 0) is 29.8 Å². The van der Waals surface area contributed by atoms with Gasteiger partial charge in [-0.2, -0.15) is 0 Å². The van der Waals surface area contributed by atoms with Crippen LogP contribution in [0.3, 0.4) is 0 Å². The molecule has 0 atom stereocenters. The van der Waals surface area contributed by atoms with Gasteiger partial charge in [0.25, 0.3) is 0 Å². The second-order valence-corrected chi connectivity index (χ2v) is 5.46. The highest BCUT2D eigenvalue weighted by atomic mass is 16.5. The van der Waals surface area contributed by atoms with Crippen molar-refractivity contribution in [1.82, 2.24) is 4.90 Å². The molecular weight excluding hydrogens is 276 g/mol. The van der Waals surface area contributed by atoms with Crippen molar-refractivity contribution in [2.75, 3.05) is 24.7 Å². The largest absolute Gasteiger partial charge is 0.489 e. The number of ether oxygens (including phenoxy) is 1. The van der Waals surface area contributed by atoms with Gasteiger partial charge in [0.2, 0.25) is 5.91 Å². The van der Waals surface area contributed by atoms with E-state index in [0.717, 1.165) is 30.1 Å². The summed E-state index contributed by atoms with van der Waals surface area (Å²) in [5.41, 5.74) is 2.28. The van der Waals surface area contributed by atoms with Crippen LogP contribution >= 0.6 is 0 Å². The Morgan fingerprint density at radius 3 is 2.41 bits per heavy atom. The van der Waals surface area contributed by atoms with Gasteiger partial charge in [0, 0.05) is 25.7 Å². The summed E-state index contributed by atoms with van der Waals surface area (Å²) in [6.45, 7) is 4.52. The zero-order chi connectivity index (χ0) is 15.4. The van der Waals surface area contributed by atoms with Crippen molar-refractivity contribution < 1.29 is 9.53 Å². The number of carbonyl (C=O) groups is 1. The van der Waals surface area contributed by atoms with Gasteiger partial charge in [0.15, 0.2) is 0 Å². The average Bonchev–Trinajstić information content (AvgIpc) is 3.05. The molecule has 0 aromatic heterocycles. The fourth-order valence-corrected chi connectivity index (χ4v) is 2.55. The fourth-order valence-electron chi connectivity index (χ4n) is 2.55. The molecule has 4 heteroatoms. The molecule has 3 rings (SSSR count). The highest BCUT2D eigenvalue weighted by Crippen LogP contribution is 2.22. The monoisotopic (exact) mass is 296 g/mol. The molecule has 1 fully saturated rings. The molecule has 1 aliphatic rings. The molecule has 1 heterocycles. The van der Waals surface area contributed by atoms with E-state index in [2.05, 4.69) is 17.0 Å². The minimum atomic E-state index is 0.130. The van der Waals surface area contributed by atoms with Crippen molar-refractivity contribution in [1.29, 1.82) is 0 Å². The van der Waals surface area contributed by atoms with Crippen LogP contribution < -0.4 is 9.64 Å². The highest BCUT2D eigenvalue weighted by Gasteiger charge is 2.21. The van der Waals surface area contributed by atoms with Gasteiger partial charge >= 0.3 is 0 Å². The number of anilines is 1. The van der Waals surface area contributed by atoms with Gasteiger partial charge in [0.1, 0.15) is 12.4 Å². The van der Waals surface area contributed by atoms with Crippen LogP contribution in [0.25, 0.3) is 0 Å². The van der Waals surface area contributed by atoms with Crippen LogP contribution in [0.2, 0.25) is 0 Å². The quantitative estimate of drug-likeness (QED) is 0.869. The topological polar surface area (TPSA) is 32.8 Å². The Morgan fingerprint density at radius 1 is 1.05 bits per heavy atom. The van der Waals surface area contributed by atoms with Crippen molar-refractivity contribution in [2.24, 2.45) is 0 Å². The van der Waals surface area contributed by atoms with E-state index in [1.165, 1.54) is 0 Å². The van der Waals surface area contributed by atoms with E-state index >= 15 is 0 Å². The number of hydrogen-bond donors (Lipinski definition) is 0. The maximum atomic E-state index is 11.4. The molecule has 22 heavy (non-hydrogen) atoms. The molecule has 114 valence electrons. The van der Waals surface area contributed by atoms with E-state index in [1.807, 2.05) is 47.4 Å². The standard InChI is InChI=1S/C18H20N2O2/c1-15(21)19-11-12-20(14-19)17-7-9-18(10-8-17)22-13-16-5-3-2-4-6-16/h2-10H,11-14H2,1H3. The first kappa shape index (κ1) is 14.4. The van der Waals surface area contributed by atoms with Gasteiger partial charge in [-0.25, -0.2) is 0 Å². The second kappa shape index (κ2) is 6.52. The van der Waals surface area contributed by atoms with Gasteiger partial charge in [-0.3, -0.25) is 4.79 Å². The molecule has 2 aromatic rings. The Bertz CT molecular complexity index is 625. The maximum absolute atomic E-state index is 11.4. The van der Waals surface area contributed by atoms with E-state index in [0.29, 0.717) is 13.3 Å². The summed E-state index contributed by atoms with van der Waals surface area (Å²) < 4.78 is 5.79. The number of rotatable bonds is 4. The predicted molar refractivity (Wildman–Crippen MR) is 86.8 cm³/mol. The maximum Gasteiger partial charge on any atom is 0.220 e. The number of amides is 1. The lowest BCUT2D eigenvalue weighted by atomic mass is 10.2. The van der Waals surface area contributed by atoms with E-state index in [1.54, 1.807) is 6.92 Å². The predicted octanol–water partition coefficient (Wildman–Crippen LogP) is 2.89. The lowest BCUT2D eigenvalue weighted by molar-refractivity contribution is -0.127. The van der Waals surface area contributed by atoms with Crippen molar-refractivity contribution >= 4 is 11.6 Å². The lowest BCUT2D eigenvalue weighted by Crippen LogP contribution is -2.28. The zero-order valence-corrected chi connectivity index (χ0v) is 12.7. The molecule has 4 nitrogen and oxygen atoms in total.